The van der Waals surface area contributed by atoms with Crippen LogP contribution < -0.4 is 4.74 Å². The Bertz CT molecular complexity index is 452. The van der Waals surface area contributed by atoms with Crippen molar-refractivity contribution in [2.75, 3.05) is 0 Å². The lowest BCUT2D eigenvalue weighted by molar-refractivity contribution is -0.329. The van der Waals surface area contributed by atoms with Crippen molar-refractivity contribution in [2.24, 2.45) is 5.92 Å². The number of carboxylic acids is 1. The van der Waals surface area contributed by atoms with E-state index in [2.05, 4.69) is 0 Å². The second-order valence-corrected chi connectivity index (χ2v) is 4.20. The van der Waals surface area contributed by atoms with Crippen molar-refractivity contribution in [3.8, 4) is 5.75 Å². The maximum absolute atomic E-state index is 10.8. The molecule has 92 valence electrons. The first-order valence-corrected chi connectivity index (χ1v) is 5.44. The molecule has 2 rings (SSSR count). The zero-order valence-corrected chi connectivity index (χ0v) is 9.38. The number of carbonyl (C=O) groups is 1. The lowest BCUT2D eigenvalue weighted by Crippen LogP contribution is -2.47. The van der Waals surface area contributed by atoms with E-state index in [0.717, 1.165) is 0 Å². The fourth-order valence-corrected chi connectivity index (χ4v) is 2.03. The van der Waals surface area contributed by atoms with Gasteiger partial charge in [0.25, 0.3) is 0 Å². The molecule has 3 N–H and O–H groups in total. The highest BCUT2D eigenvalue weighted by Gasteiger charge is 2.40. The third kappa shape index (κ3) is 2.11. The summed E-state index contributed by atoms with van der Waals surface area (Å²) in [6.07, 6.45) is 0.920. The van der Waals surface area contributed by atoms with Crippen LogP contribution in [-0.2, 0) is 6.42 Å². The number of hydrogen-bond donors (Lipinski definition) is 3. The maximum Gasteiger partial charge on any atom is 0.335 e. The first-order chi connectivity index (χ1) is 7.94. The molecule has 0 saturated carbocycles. The number of aromatic carboxylic acids is 1. The smallest absolute Gasteiger partial charge is 0.335 e. The Labute approximate surface area is 98.3 Å². The number of aliphatic hydroxyl groups is 2. The monoisotopic (exact) mass is 238 g/mol. The number of rotatable bonds is 2. The molecule has 17 heavy (non-hydrogen) atoms. The van der Waals surface area contributed by atoms with Gasteiger partial charge in [0, 0.05) is 0 Å². The summed E-state index contributed by atoms with van der Waals surface area (Å²) < 4.78 is 5.08. The van der Waals surface area contributed by atoms with Crippen LogP contribution in [0.3, 0.4) is 0 Å². The zero-order valence-electron chi connectivity index (χ0n) is 9.38. The van der Waals surface area contributed by atoms with Crippen molar-refractivity contribution in [3.05, 3.63) is 29.3 Å². The molecule has 1 heterocycles. The summed E-state index contributed by atoms with van der Waals surface area (Å²) in [7, 11) is 0. The Morgan fingerprint density at radius 3 is 2.82 bits per heavy atom. The summed E-state index contributed by atoms with van der Waals surface area (Å²) >= 11 is 0. The SMILES string of the molecule is CCC1Cc2cc(C(=O)O)ccc2OC1(O)O. The topological polar surface area (TPSA) is 87.0 Å². The summed E-state index contributed by atoms with van der Waals surface area (Å²) in [4.78, 5) is 10.8. The predicted molar refractivity (Wildman–Crippen MR) is 58.7 cm³/mol. The molecule has 1 aliphatic rings. The molecule has 1 aromatic carbocycles. The third-order valence-corrected chi connectivity index (χ3v) is 3.06. The molecule has 0 fully saturated rings. The van der Waals surface area contributed by atoms with Gasteiger partial charge in [0.15, 0.2) is 0 Å². The number of benzene rings is 1. The minimum atomic E-state index is -2.17. The van der Waals surface area contributed by atoms with Gasteiger partial charge in [0.1, 0.15) is 5.75 Å². The van der Waals surface area contributed by atoms with Gasteiger partial charge in [0.2, 0.25) is 0 Å². The molecule has 0 amide bonds. The van der Waals surface area contributed by atoms with Gasteiger partial charge in [-0.2, -0.15) is 0 Å². The largest absolute Gasteiger partial charge is 0.478 e. The quantitative estimate of drug-likeness (QED) is 0.669. The fourth-order valence-electron chi connectivity index (χ4n) is 2.03. The summed E-state index contributed by atoms with van der Waals surface area (Å²) in [5, 5.41) is 28.2. The van der Waals surface area contributed by atoms with Gasteiger partial charge in [-0.05, 0) is 36.6 Å². The van der Waals surface area contributed by atoms with Crippen LogP contribution in [0, 0.1) is 5.92 Å². The van der Waals surface area contributed by atoms with E-state index in [9.17, 15) is 15.0 Å². The molecule has 5 heteroatoms. The van der Waals surface area contributed by atoms with Crippen LogP contribution in [0.4, 0.5) is 0 Å². The van der Waals surface area contributed by atoms with E-state index in [1.165, 1.54) is 18.2 Å². The highest BCUT2D eigenvalue weighted by atomic mass is 16.8. The lowest BCUT2D eigenvalue weighted by Gasteiger charge is -2.35. The lowest BCUT2D eigenvalue weighted by atomic mass is 9.90. The molecule has 0 aliphatic carbocycles. The van der Waals surface area contributed by atoms with E-state index in [1.54, 1.807) is 0 Å². The van der Waals surface area contributed by atoms with E-state index >= 15 is 0 Å². The minimum absolute atomic E-state index is 0.172. The van der Waals surface area contributed by atoms with Gasteiger partial charge in [0.05, 0.1) is 11.5 Å². The zero-order chi connectivity index (χ0) is 12.6. The van der Waals surface area contributed by atoms with E-state index in [1.807, 2.05) is 6.92 Å². The highest BCUT2D eigenvalue weighted by molar-refractivity contribution is 5.88. The van der Waals surface area contributed by atoms with Crippen molar-refractivity contribution >= 4 is 5.97 Å². The molecular weight excluding hydrogens is 224 g/mol. The molecule has 0 bridgehead atoms. The van der Waals surface area contributed by atoms with Crippen molar-refractivity contribution < 1.29 is 24.9 Å². The number of hydrogen-bond acceptors (Lipinski definition) is 4. The van der Waals surface area contributed by atoms with Gasteiger partial charge >= 0.3 is 11.9 Å². The minimum Gasteiger partial charge on any atom is -0.478 e. The Kier molecular flexibility index (Phi) is 2.81. The molecular formula is C12H14O5. The Balaban J connectivity index is 2.39. The van der Waals surface area contributed by atoms with E-state index in [4.69, 9.17) is 9.84 Å². The standard InChI is InChI=1S/C12H14O5/c1-2-9-6-8-5-7(11(13)14)3-4-10(8)17-12(9,15)16/h3-5,9,15-16H,2,6H2,1H3,(H,13,14). The van der Waals surface area contributed by atoms with Gasteiger partial charge in [-0.15, -0.1) is 0 Å². The first-order valence-electron chi connectivity index (χ1n) is 5.44. The van der Waals surface area contributed by atoms with Crippen LogP contribution in [0.2, 0.25) is 0 Å². The van der Waals surface area contributed by atoms with E-state index < -0.39 is 17.9 Å². The highest BCUT2D eigenvalue weighted by Crippen LogP contribution is 2.36. The Morgan fingerprint density at radius 2 is 2.24 bits per heavy atom. The van der Waals surface area contributed by atoms with Crippen LogP contribution in [0.25, 0.3) is 0 Å². The van der Waals surface area contributed by atoms with Crippen molar-refractivity contribution in [3.63, 3.8) is 0 Å². The summed E-state index contributed by atoms with van der Waals surface area (Å²) in [5.41, 5.74) is 0.862. The summed E-state index contributed by atoms with van der Waals surface area (Å²) in [6, 6.07) is 4.34. The molecule has 0 spiro atoms. The van der Waals surface area contributed by atoms with Gasteiger partial charge in [-0.1, -0.05) is 6.92 Å². The second-order valence-electron chi connectivity index (χ2n) is 4.20. The molecule has 1 unspecified atom stereocenters. The molecule has 0 aromatic heterocycles. The number of ether oxygens (including phenoxy) is 1. The van der Waals surface area contributed by atoms with Crippen LogP contribution >= 0.6 is 0 Å². The van der Waals surface area contributed by atoms with Crippen molar-refractivity contribution in [1.29, 1.82) is 0 Å². The number of carboxylic acid groups (broad SMARTS) is 1. The van der Waals surface area contributed by atoms with E-state index in [-0.39, 0.29) is 5.56 Å². The third-order valence-electron chi connectivity index (χ3n) is 3.06. The molecule has 5 nitrogen and oxygen atoms in total. The summed E-state index contributed by atoms with van der Waals surface area (Å²) in [5.74, 6) is -3.32. The fraction of sp³-hybridized carbons (Fsp3) is 0.417. The van der Waals surface area contributed by atoms with Crippen LogP contribution in [0.5, 0.6) is 5.75 Å². The Morgan fingerprint density at radius 1 is 1.53 bits per heavy atom. The van der Waals surface area contributed by atoms with Crippen LogP contribution in [0.1, 0.15) is 29.3 Å². The maximum atomic E-state index is 10.8. The Hall–Kier alpha value is -1.59. The van der Waals surface area contributed by atoms with Crippen molar-refractivity contribution in [2.45, 2.75) is 25.7 Å². The van der Waals surface area contributed by atoms with Crippen LogP contribution in [-0.4, -0.2) is 27.3 Å². The van der Waals surface area contributed by atoms with Gasteiger partial charge < -0.3 is 20.1 Å². The predicted octanol–water partition coefficient (Wildman–Crippen LogP) is 0.984. The number of fused-ring (bicyclic) bond motifs is 1. The molecule has 1 aromatic rings. The molecule has 1 aliphatic heterocycles. The van der Waals surface area contributed by atoms with Gasteiger partial charge in [-0.3, -0.25) is 0 Å². The van der Waals surface area contributed by atoms with Crippen molar-refractivity contribution in [1.82, 2.24) is 0 Å². The molecule has 0 radical (unpaired) electrons. The normalized spacial score (nSPS) is 21.5. The second kappa shape index (κ2) is 4.01. The van der Waals surface area contributed by atoms with Crippen LogP contribution in [0.15, 0.2) is 18.2 Å². The van der Waals surface area contributed by atoms with Gasteiger partial charge in [-0.25, -0.2) is 4.79 Å². The average molecular weight is 238 g/mol. The molecule has 1 atom stereocenters. The summed E-state index contributed by atoms with van der Waals surface area (Å²) in [6.45, 7) is 1.82. The first kappa shape index (κ1) is 11.9. The average Bonchev–Trinajstić information content (AvgIpc) is 2.26. The molecule has 0 saturated heterocycles. The van der Waals surface area contributed by atoms with E-state index in [0.29, 0.717) is 24.2 Å².